The quantitative estimate of drug-likeness (QED) is 0.849. The molecule has 2 aromatic rings. The molecule has 0 amide bonds. The van der Waals surface area contributed by atoms with E-state index in [-0.39, 0.29) is 24.1 Å². The maximum atomic E-state index is 12.0. The van der Waals surface area contributed by atoms with Crippen LogP contribution in [0.15, 0.2) is 30.6 Å². The smallest absolute Gasteiger partial charge is 0.143 e. The van der Waals surface area contributed by atoms with Gasteiger partial charge in [0.15, 0.2) is 0 Å². The normalized spacial score (nSPS) is 19.8. The number of carbonyl (C=O) groups excluding carboxylic acids is 1. The Morgan fingerprint density at radius 2 is 2.12 bits per heavy atom. The van der Waals surface area contributed by atoms with Crippen LogP contribution in [-0.4, -0.2) is 32.9 Å². The van der Waals surface area contributed by atoms with E-state index in [0.29, 0.717) is 17.0 Å². The first kappa shape index (κ1) is 17.8. The van der Waals surface area contributed by atoms with Crippen molar-refractivity contribution < 1.29 is 9.90 Å². The van der Waals surface area contributed by atoms with Crippen LogP contribution in [0.25, 0.3) is 0 Å². The number of rotatable bonds is 4. The van der Waals surface area contributed by atoms with E-state index in [4.69, 9.17) is 11.6 Å². The minimum Gasteiger partial charge on any atom is -0.392 e. The van der Waals surface area contributed by atoms with Gasteiger partial charge in [0, 0.05) is 40.7 Å². The predicted octanol–water partition coefficient (Wildman–Crippen LogP) is 3.13. The number of hydrogen-bond donors (Lipinski definition) is 1. The second-order valence-electron chi connectivity index (χ2n) is 7.31. The van der Waals surface area contributed by atoms with Crippen LogP contribution in [-0.2, 0) is 17.8 Å². The minimum absolute atomic E-state index is 0.0700. The Balaban J connectivity index is 2.05. The van der Waals surface area contributed by atoms with Gasteiger partial charge in [-0.05, 0) is 39.3 Å². The third-order valence-electron chi connectivity index (χ3n) is 4.63. The van der Waals surface area contributed by atoms with Gasteiger partial charge in [-0.3, -0.25) is 4.98 Å². The molecule has 5 nitrogen and oxygen atoms in total. The molecule has 1 aliphatic rings. The summed E-state index contributed by atoms with van der Waals surface area (Å²) in [6.07, 6.45) is 4.86. The van der Waals surface area contributed by atoms with E-state index in [1.165, 1.54) is 0 Å². The summed E-state index contributed by atoms with van der Waals surface area (Å²) >= 11 is 5.98. The zero-order valence-electron chi connectivity index (χ0n) is 14.6. The molecule has 0 fully saturated rings. The van der Waals surface area contributed by atoms with Crippen molar-refractivity contribution in [3.63, 3.8) is 0 Å². The van der Waals surface area contributed by atoms with Crippen LogP contribution in [0.3, 0.4) is 0 Å². The maximum absolute atomic E-state index is 12.0. The Morgan fingerprint density at radius 1 is 1.36 bits per heavy atom. The first-order valence-corrected chi connectivity index (χ1v) is 8.68. The fourth-order valence-electron chi connectivity index (χ4n) is 3.60. The van der Waals surface area contributed by atoms with E-state index in [9.17, 15) is 9.90 Å². The molecule has 0 radical (unpaired) electrons. The number of anilines is 1. The molecular formula is C19H22ClN3O2. The number of carbonyl (C=O) groups is 1. The molecule has 0 bridgehead atoms. The number of nitrogens with zero attached hydrogens (tertiary/aromatic N) is 3. The van der Waals surface area contributed by atoms with Crippen molar-refractivity contribution in [2.75, 3.05) is 4.90 Å². The minimum atomic E-state index is -0.325. The molecule has 0 spiro atoms. The number of aliphatic hydroxyl groups is 1. The average molecular weight is 360 g/mol. The highest BCUT2D eigenvalue weighted by Crippen LogP contribution is 2.44. The van der Waals surface area contributed by atoms with E-state index in [1.54, 1.807) is 18.5 Å². The van der Waals surface area contributed by atoms with Crippen molar-refractivity contribution in [3.8, 4) is 0 Å². The lowest BCUT2D eigenvalue weighted by atomic mass is 9.89. The SMILES string of the molecule is CC(C)(C)N1c2ncccc2C(Cc2ncc(Cl)cc2CO)C1C=O. The topological polar surface area (TPSA) is 66.3 Å². The third kappa shape index (κ3) is 3.26. The van der Waals surface area contributed by atoms with Gasteiger partial charge in [-0.1, -0.05) is 17.7 Å². The number of aliphatic hydroxyl groups excluding tert-OH is 1. The lowest BCUT2D eigenvalue weighted by Crippen LogP contribution is -2.48. The number of hydrogen-bond acceptors (Lipinski definition) is 5. The maximum Gasteiger partial charge on any atom is 0.143 e. The Hall–Kier alpha value is -1.98. The number of fused-ring (bicyclic) bond motifs is 1. The number of aromatic nitrogens is 2. The number of aldehydes is 1. The van der Waals surface area contributed by atoms with Crippen LogP contribution >= 0.6 is 11.6 Å². The fraction of sp³-hybridized carbons (Fsp3) is 0.421. The molecule has 1 N–H and O–H groups in total. The molecule has 6 heteroatoms. The van der Waals surface area contributed by atoms with Gasteiger partial charge in [0.2, 0.25) is 0 Å². The highest BCUT2D eigenvalue weighted by atomic mass is 35.5. The highest BCUT2D eigenvalue weighted by Gasteiger charge is 2.44. The molecule has 0 aromatic carbocycles. The van der Waals surface area contributed by atoms with Crippen LogP contribution in [0.5, 0.6) is 0 Å². The number of halogens is 1. The molecule has 3 heterocycles. The summed E-state index contributed by atoms with van der Waals surface area (Å²) in [5.41, 5.74) is 2.25. The monoisotopic (exact) mass is 359 g/mol. The largest absolute Gasteiger partial charge is 0.392 e. The Morgan fingerprint density at radius 3 is 2.76 bits per heavy atom. The lowest BCUT2D eigenvalue weighted by Gasteiger charge is -2.37. The summed E-state index contributed by atoms with van der Waals surface area (Å²) in [6.45, 7) is 6.09. The summed E-state index contributed by atoms with van der Waals surface area (Å²) in [7, 11) is 0. The highest BCUT2D eigenvalue weighted by molar-refractivity contribution is 6.30. The van der Waals surface area contributed by atoms with E-state index in [2.05, 4.69) is 35.6 Å². The summed E-state index contributed by atoms with van der Waals surface area (Å²) in [4.78, 5) is 23.0. The van der Waals surface area contributed by atoms with Crippen molar-refractivity contribution in [3.05, 3.63) is 52.4 Å². The molecule has 2 aromatic heterocycles. The van der Waals surface area contributed by atoms with E-state index < -0.39 is 0 Å². The molecule has 0 aliphatic carbocycles. The van der Waals surface area contributed by atoms with Gasteiger partial charge in [0.05, 0.1) is 17.7 Å². The van der Waals surface area contributed by atoms with Crippen LogP contribution in [0, 0.1) is 0 Å². The first-order valence-electron chi connectivity index (χ1n) is 8.30. The zero-order valence-corrected chi connectivity index (χ0v) is 15.4. The summed E-state index contributed by atoms with van der Waals surface area (Å²) in [5, 5.41) is 10.1. The summed E-state index contributed by atoms with van der Waals surface area (Å²) in [6, 6.07) is 5.31. The Kier molecular flexibility index (Phi) is 4.80. The van der Waals surface area contributed by atoms with Crippen molar-refractivity contribution in [2.24, 2.45) is 0 Å². The van der Waals surface area contributed by atoms with Crippen molar-refractivity contribution in [1.82, 2.24) is 9.97 Å². The zero-order chi connectivity index (χ0) is 18.2. The van der Waals surface area contributed by atoms with Crippen LogP contribution in [0.2, 0.25) is 5.02 Å². The van der Waals surface area contributed by atoms with Gasteiger partial charge in [-0.25, -0.2) is 4.98 Å². The van der Waals surface area contributed by atoms with Gasteiger partial charge >= 0.3 is 0 Å². The van der Waals surface area contributed by atoms with Gasteiger partial charge in [0.25, 0.3) is 0 Å². The molecule has 3 rings (SSSR count). The number of pyridine rings is 2. The fourth-order valence-corrected chi connectivity index (χ4v) is 3.78. The van der Waals surface area contributed by atoms with Crippen LogP contribution in [0.1, 0.15) is 43.5 Å². The van der Waals surface area contributed by atoms with Gasteiger partial charge in [-0.2, -0.15) is 0 Å². The van der Waals surface area contributed by atoms with E-state index in [0.717, 1.165) is 23.4 Å². The summed E-state index contributed by atoms with van der Waals surface area (Å²) < 4.78 is 0. The second kappa shape index (κ2) is 6.73. The molecule has 25 heavy (non-hydrogen) atoms. The standard InChI is InChI=1S/C19H22ClN3O2/c1-19(2,3)23-17(11-25)15(14-5-4-6-21-18(14)23)8-16-12(10-24)7-13(20)9-22-16/h4-7,9,11,15,17,24H,8,10H2,1-3H3. The Bertz CT molecular complexity index is 788. The molecule has 1 aliphatic heterocycles. The third-order valence-corrected chi connectivity index (χ3v) is 4.83. The molecule has 0 saturated heterocycles. The molecule has 132 valence electrons. The van der Waals surface area contributed by atoms with Gasteiger partial charge < -0.3 is 14.8 Å². The molecule has 0 saturated carbocycles. The van der Waals surface area contributed by atoms with Crippen molar-refractivity contribution in [2.45, 2.75) is 51.3 Å². The summed E-state index contributed by atoms with van der Waals surface area (Å²) in [5.74, 6) is 0.774. The van der Waals surface area contributed by atoms with Crippen LogP contribution < -0.4 is 4.90 Å². The predicted molar refractivity (Wildman–Crippen MR) is 97.9 cm³/mol. The molecular weight excluding hydrogens is 338 g/mol. The van der Waals surface area contributed by atoms with Gasteiger partial charge in [-0.15, -0.1) is 0 Å². The molecule has 2 unspecified atom stereocenters. The second-order valence-corrected chi connectivity index (χ2v) is 7.75. The van der Waals surface area contributed by atoms with Crippen molar-refractivity contribution in [1.29, 1.82) is 0 Å². The average Bonchev–Trinajstić information content (AvgIpc) is 2.90. The van der Waals surface area contributed by atoms with E-state index >= 15 is 0 Å². The first-order chi connectivity index (χ1) is 11.9. The lowest BCUT2D eigenvalue weighted by molar-refractivity contribution is -0.109. The van der Waals surface area contributed by atoms with E-state index in [1.807, 2.05) is 12.1 Å². The Labute approximate surface area is 152 Å². The van der Waals surface area contributed by atoms with Crippen LogP contribution in [0.4, 0.5) is 5.82 Å². The van der Waals surface area contributed by atoms with Gasteiger partial charge in [0.1, 0.15) is 12.1 Å². The molecule has 2 atom stereocenters. The van der Waals surface area contributed by atoms with Crippen molar-refractivity contribution >= 4 is 23.7 Å².